The highest BCUT2D eigenvalue weighted by Gasteiger charge is 2.18. The average Bonchev–Trinajstić information content (AvgIpc) is 3.02. The van der Waals surface area contributed by atoms with Crippen LogP contribution >= 0.6 is 0 Å². The number of carbonyl (C=O) groups is 2. The van der Waals surface area contributed by atoms with Crippen LogP contribution in [0.25, 0.3) is 0 Å². The van der Waals surface area contributed by atoms with Crippen LogP contribution in [0.2, 0.25) is 0 Å². The van der Waals surface area contributed by atoms with Crippen LogP contribution in [-0.2, 0) is 29.2 Å². The fraction of sp³-hybridized carbons (Fsp3) is 0.455. The number of likely N-dealkylation sites (N-methyl/N-ethyl adjacent to an activating group) is 1. The van der Waals surface area contributed by atoms with Crippen LogP contribution in [0.3, 0.4) is 0 Å². The van der Waals surface area contributed by atoms with Crippen molar-refractivity contribution < 1.29 is 19.1 Å². The summed E-state index contributed by atoms with van der Waals surface area (Å²) in [5.74, 6) is -0.463. The normalized spacial score (nSPS) is 16.5. The Balaban J connectivity index is 1.50. The number of rotatable bonds is 9. The molecule has 0 amide bonds. The van der Waals surface area contributed by atoms with E-state index >= 15 is 0 Å². The second-order valence-electron chi connectivity index (χ2n) is 11.1. The summed E-state index contributed by atoms with van der Waals surface area (Å²) in [5.41, 5.74) is 4.41. The number of nitrogens with zero attached hydrogens (tertiary/aromatic N) is 6. The van der Waals surface area contributed by atoms with Crippen LogP contribution in [0.5, 0.6) is 5.88 Å². The van der Waals surface area contributed by atoms with Gasteiger partial charge in [0.05, 0.1) is 18.5 Å². The molecule has 0 aliphatic carbocycles. The maximum Gasteiger partial charge on any atom is 0.356 e. The predicted octanol–water partition coefficient (Wildman–Crippen LogP) is 2.98. The minimum absolute atomic E-state index is 0.330. The van der Waals surface area contributed by atoms with Gasteiger partial charge in [-0.15, -0.1) is 0 Å². The Hall–Kier alpha value is -3.90. The Kier molecular flexibility index (Phi) is 12.6. The molecule has 4 rings (SSSR count). The maximum atomic E-state index is 12.1. The number of hydrogen-bond acceptors (Lipinski definition) is 11. The molecule has 0 saturated carbocycles. The molecule has 1 N–H and O–H groups in total. The molecule has 1 saturated heterocycles. The quantitative estimate of drug-likeness (QED) is 0.365. The van der Waals surface area contributed by atoms with Crippen LogP contribution < -0.4 is 10.1 Å². The molecule has 0 spiro atoms. The minimum atomic E-state index is -0.423. The summed E-state index contributed by atoms with van der Waals surface area (Å²) in [6.07, 6.45) is 0. The lowest BCUT2D eigenvalue weighted by Gasteiger charge is -2.33. The van der Waals surface area contributed by atoms with Gasteiger partial charge in [-0.3, -0.25) is 19.5 Å². The van der Waals surface area contributed by atoms with Crippen LogP contribution in [-0.4, -0.2) is 115 Å². The molecule has 3 aromatic rings. The number of aromatic nitrogens is 2. The standard InChI is InChI=1S/C33H45N7O4/c1-26(41)44-32-10-6-8-30(36-32)25-40-18-16-37(3)15-17-39(24-29-7-5-9-31(35-29)33(42)43-4)21-19-38(20-22-40)23-27-11-13-28(34-2)14-12-27/h5-14,34H,15-25H2,1-4H3. The van der Waals surface area contributed by atoms with Crippen molar-refractivity contribution in [3.63, 3.8) is 0 Å². The van der Waals surface area contributed by atoms with E-state index in [1.807, 2.05) is 31.3 Å². The Bertz CT molecular complexity index is 1350. The SMILES string of the molecule is CNc1ccc(CN2CCN(Cc3cccc(OC(C)=O)n3)CCN(C)CCN(Cc3cccc(C(=O)OC)n3)CC2)cc1. The lowest BCUT2D eigenvalue weighted by atomic mass is 10.2. The van der Waals surface area contributed by atoms with Crippen LogP contribution in [0.1, 0.15) is 34.4 Å². The third kappa shape index (κ3) is 10.7. The van der Waals surface area contributed by atoms with Crippen LogP contribution in [0, 0.1) is 0 Å². The number of carbonyl (C=O) groups excluding carboxylic acids is 2. The van der Waals surface area contributed by atoms with Crippen LogP contribution in [0.15, 0.2) is 60.7 Å². The molecule has 44 heavy (non-hydrogen) atoms. The van der Waals surface area contributed by atoms with Gasteiger partial charge in [0.1, 0.15) is 5.69 Å². The highest BCUT2D eigenvalue weighted by molar-refractivity contribution is 5.87. The number of anilines is 1. The summed E-state index contributed by atoms with van der Waals surface area (Å²) in [6.45, 7) is 10.6. The number of hydrogen-bond donors (Lipinski definition) is 1. The minimum Gasteiger partial charge on any atom is -0.464 e. The molecule has 0 radical (unpaired) electrons. The lowest BCUT2D eigenvalue weighted by molar-refractivity contribution is -0.132. The van der Waals surface area contributed by atoms with Gasteiger partial charge in [-0.05, 0) is 42.9 Å². The Morgan fingerprint density at radius 3 is 1.86 bits per heavy atom. The predicted molar refractivity (Wildman–Crippen MR) is 170 cm³/mol. The molecule has 1 fully saturated rings. The molecule has 236 valence electrons. The number of nitrogens with one attached hydrogen (secondary N) is 1. The molecule has 0 atom stereocenters. The first-order chi connectivity index (χ1) is 21.3. The van der Waals surface area contributed by atoms with E-state index in [-0.39, 0.29) is 5.97 Å². The van der Waals surface area contributed by atoms with Crippen LogP contribution in [0.4, 0.5) is 5.69 Å². The molecule has 0 bridgehead atoms. The molecule has 1 aliphatic heterocycles. The molecular formula is C33H45N7O4. The summed E-state index contributed by atoms with van der Waals surface area (Å²) in [7, 11) is 5.46. The molecule has 11 heteroatoms. The third-order valence-electron chi connectivity index (χ3n) is 7.71. The first-order valence-corrected chi connectivity index (χ1v) is 15.1. The van der Waals surface area contributed by atoms with Gasteiger partial charge in [-0.1, -0.05) is 24.3 Å². The van der Waals surface area contributed by atoms with Gasteiger partial charge in [0.25, 0.3) is 0 Å². The number of methoxy groups -OCH3 is 1. The van der Waals surface area contributed by atoms with Gasteiger partial charge >= 0.3 is 11.9 Å². The van der Waals surface area contributed by atoms with E-state index in [0.717, 1.165) is 76.0 Å². The number of ether oxygens (including phenoxy) is 2. The van der Waals surface area contributed by atoms with Crippen molar-refractivity contribution in [2.45, 2.75) is 26.6 Å². The number of benzene rings is 1. The Morgan fingerprint density at radius 2 is 1.30 bits per heavy atom. The van der Waals surface area contributed by atoms with Crippen molar-refractivity contribution in [2.24, 2.45) is 0 Å². The summed E-state index contributed by atoms with van der Waals surface area (Å²) in [6, 6.07) is 19.7. The largest absolute Gasteiger partial charge is 0.464 e. The molecular weight excluding hydrogens is 558 g/mol. The van der Waals surface area contributed by atoms with E-state index in [2.05, 4.69) is 66.2 Å². The number of pyridine rings is 2. The zero-order chi connectivity index (χ0) is 31.3. The summed E-state index contributed by atoms with van der Waals surface area (Å²) >= 11 is 0. The highest BCUT2D eigenvalue weighted by atomic mass is 16.5. The first-order valence-electron chi connectivity index (χ1n) is 15.1. The van der Waals surface area contributed by atoms with Gasteiger partial charge in [0, 0.05) is 97.7 Å². The van der Waals surface area contributed by atoms with Gasteiger partial charge in [-0.25, -0.2) is 14.8 Å². The van der Waals surface area contributed by atoms with Crippen molar-refractivity contribution in [3.05, 3.63) is 83.3 Å². The first kappa shape index (κ1) is 33.0. The van der Waals surface area contributed by atoms with Crippen molar-refractivity contribution in [1.29, 1.82) is 0 Å². The average molecular weight is 604 g/mol. The summed E-state index contributed by atoms with van der Waals surface area (Å²) in [4.78, 5) is 42.4. The van der Waals surface area contributed by atoms with E-state index in [1.54, 1.807) is 12.1 Å². The third-order valence-corrected chi connectivity index (χ3v) is 7.71. The highest BCUT2D eigenvalue weighted by Crippen LogP contribution is 2.14. The van der Waals surface area contributed by atoms with Gasteiger partial charge in [0.15, 0.2) is 0 Å². The van der Waals surface area contributed by atoms with E-state index < -0.39 is 5.97 Å². The molecule has 1 aliphatic rings. The summed E-state index contributed by atoms with van der Waals surface area (Å²) < 4.78 is 10.1. The maximum absolute atomic E-state index is 12.1. The van der Waals surface area contributed by atoms with Gasteiger partial charge < -0.3 is 19.7 Å². The monoisotopic (exact) mass is 603 g/mol. The van der Waals surface area contributed by atoms with Crippen molar-refractivity contribution >= 4 is 17.6 Å². The topological polar surface area (TPSA) is 103 Å². The van der Waals surface area contributed by atoms with Gasteiger partial charge in [-0.2, -0.15) is 0 Å². The second-order valence-corrected chi connectivity index (χ2v) is 11.1. The molecule has 1 aromatic carbocycles. The van der Waals surface area contributed by atoms with E-state index in [0.29, 0.717) is 24.7 Å². The molecule has 3 heterocycles. The Morgan fingerprint density at radius 1 is 0.750 bits per heavy atom. The Labute approximate surface area is 260 Å². The lowest BCUT2D eigenvalue weighted by Crippen LogP contribution is -2.44. The fourth-order valence-electron chi connectivity index (χ4n) is 5.14. The second kappa shape index (κ2) is 16.8. The molecule has 2 aromatic heterocycles. The summed E-state index contributed by atoms with van der Waals surface area (Å²) in [5, 5.41) is 3.20. The van der Waals surface area contributed by atoms with Crippen molar-refractivity contribution in [3.8, 4) is 5.88 Å². The zero-order valence-corrected chi connectivity index (χ0v) is 26.4. The molecule has 0 unspecified atom stereocenters. The van der Waals surface area contributed by atoms with E-state index in [4.69, 9.17) is 9.47 Å². The smallest absolute Gasteiger partial charge is 0.356 e. The van der Waals surface area contributed by atoms with E-state index in [1.165, 1.54) is 19.6 Å². The van der Waals surface area contributed by atoms with Crippen molar-refractivity contribution in [1.82, 2.24) is 29.6 Å². The van der Waals surface area contributed by atoms with Gasteiger partial charge in [0.2, 0.25) is 5.88 Å². The zero-order valence-electron chi connectivity index (χ0n) is 26.4. The van der Waals surface area contributed by atoms with Crippen molar-refractivity contribution in [2.75, 3.05) is 78.9 Å². The fourth-order valence-corrected chi connectivity index (χ4v) is 5.14. The van der Waals surface area contributed by atoms with E-state index in [9.17, 15) is 9.59 Å². The molecule has 11 nitrogen and oxygen atoms in total. The number of esters is 2.